The summed E-state index contributed by atoms with van der Waals surface area (Å²) in [4.78, 5) is 42.2. The third kappa shape index (κ3) is 4.09. The van der Waals surface area contributed by atoms with Gasteiger partial charge in [0.2, 0.25) is 5.91 Å². The maximum absolute atomic E-state index is 13.8. The Hall–Kier alpha value is -3.66. The van der Waals surface area contributed by atoms with Crippen LogP contribution in [0.4, 0.5) is 10.1 Å². The van der Waals surface area contributed by atoms with Crippen LogP contribution in [0.1, 0.15) is 5.56 Å². The molecule has 32 heavy (non-hydrogen) atoms. The van der Waals surface area contributed by atoms with Crippen LogP contribution in [0, 0.1) is 5.82 Å². The summed E-state index contributed by atoms with van der Waals surface area (Å²) in [5.41, 5.74) is 0.587. The van der Waals surface area contributed by atoms with Gasteiger partial charge in [-0.25, -0.2) is 14.2 Å². The lowest BCUT2D eigenvalue weighted by Gasteiger charge is -2.10. The molecule has 1 N–H and O–H groups in total. The van der Waals surface area contributed by atoms with Crippen molar-refractivity contribution >= 4 is 34.5 Å². The monoisotopic (exact) mass is 453 g/mol. The van der Waals surface area contributed by atoms with Gasteiger partial charge >= 0.3 is 5.69 Å². The SMILES string of the molecule is Cn1c(=O)c2c(nc(SCC(=O)Nc3ccccc3F)n2Cc2ccccc2)n(C)c1=O. The first kappa shape index (κ1) is 21.6. The van der Waals surface area contributed by atoms with E-state index in [1.54, 1.807) is 17.7 Å². The number of nitrogens with one attached hydrogen (secondary N) is 1. The maximum atomic E-state index is 13.8. The molecule has 2 aromatic carbocycles. The van der Waals surface area contributed by atoms with Crippen molar-refractivity contribution < 1.29 is 9.18 Å². The topological polar surface area (TPSA) is 90.9 Å². The van der Waals surface area contributed by atoms with Gasteiger partial charge in [-0.2, -0.15) is 0 Å². The largest absolute Gasteiger partial charge is 0.332 e. The summed E-state index contributed by atoms with van der Waals surface area (Å²) >= 11 is 1.11. The Balaban J connectivity index is 1.70. The Bertz CT molecular complexity index is 1430. The average molecular weight is 453 g/mol. The number of fused-ring (bicyclic) bond motifs is 1. The van der Waals surface area contributed by atoms with Gasteiger partial charge < -0.3 is 9.88 Å². The number of anilines is 1. The van der Waals surface area contributed by atoms with Gasteiger partial charge in [0.15, 0.2) is 16.3 Å². The zero-order valence-corrected chi connectivity index (χ0v) is 18.2. The van der Waals surface area contributed by atoms with Crippen molar-refractivity contribution in [3.05, 3.63) is 86.8 Å². The van der Waals surface area contributed by atoms with Crippen LogP contribution >= 0.6 is 11.8 Å². The van der Waals surface area contributed by atoms with Gasteiger partial charge in [0, 0.05) is 14.1 Å². The zero-order chi connectivity index (χ0) is 22.8. The summed E-state index contributed by atoms with van der Waals surface area (Å²) in [6, 6.07) is 15.4. The number of para-hydroxylation sites is 1. The van der Waals surface area contributed by atoms with E-state index >= 15 is 0 Å². The van der Waals surface area contributed by atoms with Gasteiger partial charge in [0.25, 0.3) is 5.56 Å². The number of carbonyl (C=O) groups excluding carboxylic acids is 1. The highest BCUT2D eigenvalue weighted by Crippen LogP contribution is 2.23. The highest BCUT2D eigenvalue weighted by molar-refractivity contribution is 7.99. The molecule has 0 saturated heterocycles. The first-order chi connectivity index (χ1) is 15.4. The zero-order valence-electron chi connectivity index (χ0n) is 17.4. The summed E-state index contributed by atoms with van der Waals surface area (Å²) < 4.78 is 17.9. The number of imidazole rings is 1. The second-order valence-electron chi connectivity index (χ2n) is 7.16. The summed E-state index contributed by atoms with van der Waals surface area (Å²) in [6.07, 6.45) is 0. The van der Waals surface area contributed by atoms with E-state index in [1.165, 1.54) is 29.8 Å². The van der Waals surface area contributed by atoms with Crippen molar-refractivity contribution in [3.63, 3.8) is 0 Å². The Labute approximate surface area is 186 Å². The molecule has 0 aliphatic rings. The van der Waals surface area contributed by atoms with Gasteiger partial charge in [0.1, 0.15) is 5.82 Å². The number of carbonyl (C=O) groups is 1. The first-order valence-corrected chi connectivity index (χ1v) is 10.7. The van der Waals surface area contributed by atoms with Crippen LogP contribution in [0.3, 0.4) is 0 Å². The van der Waals surface area contributed by atoms with E-state index in [9.17, 15) is 18.8 Å². The Morgan fingerprint density at radius 1 is 1.03 bits per heavy atom. The lowest BCUT2D eigenvalue weighted by molar-refractivity contribution is -0.113. The van der Waals surface area contributed by atoms with Crippen molar-refractivity contribution in [1.82, 2.24) is 18.7 Å². The third-order valence-electron chi connectivity index (χ3n) is 4.98. The number of thioether (sulfide) groups is 1. The van der Waals surface area contributed by atoms with Gasteiger partial charge in [-0.3, -0.25) is 18.7 Å². The number of aryl methyl sites for hydroxylation is 1. The second-order valence-corrected chi connectivity index (χ2v) is 8.10. The fourth-order valence-electron chi connectivity index (χ4n) is 3.33. The van der Waals surface area contributed by atoms with Crippen LogP contribution in [0.2, 0.25) is 0 Å². The summed E-state index contributed by atoms with van der Waals surface area (Å²) in [6.45, 7) is 0.335. The lowest BCUT2D eigenvalue weighted by atomic mass is 10.2. The number of rotatable bonds is 6. The van der Waals surface area contributed by atoms with Crippen LogP contribution in [0.25, 0.3) is 11.2 Å². The molecule has 2 heterocycles. The number of hydrogen-bond acceptors (Lipinski definition) is 5. The van der Waals surface area contributed by atoms with E-state index in [0.29, 0.717) is 11.7 Å². The highest BCUT2D eigenvalue weighted by Gasteiger charge is 2.20. The number of hydrogen-bond donors (Lipinski definition) is 1. The number of benzene rings is 2. The maximum Gasteiger partial charge on any atom is 0.332 e. The molecule has 0 spiro atoms. The first-order valence-electron chi connectivity index (χ1n) is 9.74. The van der Waals surface area contributed by atoms with Gasteiger partial charge in [-0.15, -0.1) is 0 Å². The fraction of sp³-hybridized carbons (Fsp3) is 0.182. The summed E-state index contributed by atoms with van der Waals surface area (Å²) in [5.74, 6) is -0.998. The summed E-state index contributed by atoms with van der Waals surface area (Å²) in [5, 5.41) is 2.94. The third-order valence-corrected chi connectivity index (χ3v) is 5.95. The predicted molar refractivity (Wildman–Crippen MR) is 122 cm³/mol. The van der Waals surface area contributed by atoms with Crippen LogP contribution in [-0.2, 0) is 25.4 Å². The second kappa shape index (κ2) is 8.83. The number of nitrogens with zero attached hydrogens (tertiary/aromatic N) is 4. The molecule has 0 radical (unpaired) electrons. The van der Waals surface area contributed by atoms with Crippen LogP contribution in [0.5, 0.6) is 0 Å². The Kier molecular flexibility index (Phi) is 5.95. The van der Waals surface area contributed by atoms with Crippen molar-refractivity contribution in [2.45, 2.75) is 11.7 Å². The minimum Gasteiger partial charge on any atom is -0.323 e. The van der Waals surface area contributed by atoms with E-state index in [0.717, 1.165) is 21.9 Å². The van der Waals surface area contributed by atoms with Crippen molar-refractivity contribution in [2.75, 3.05) is 11.1 Å². The van der Waals surface area contributed by atoms with Crippen molar-refractivity contribution in [1.29, 1.82) is 0 Å². The molecule has 164 valence electrons. The number of amides is 1. The molecule has 0 atom stereocenters. The molecule has 4 aromatic rings. The molecule has 10 heteroatoms. The molecular weight excluding hydrogens is 433 g/mol. The molecule has 0 unspecified atom stereocenters. The normalized spacial score (nSPS) is 11.1. The van der Waals surface area contributed by atoms with E-state index < -0.39 is 23.0 Å². The molecule has 1 amide bonds. The van der Waals surface area contributed by atoms with Crippen LogP contribution < -0.4 is 16.6 Å². The Morgan fingerprint density at radius 2 is 1.72 bits per heavy atom. The highest BCUT2D eigenvalue weighted by atomic mass is 32.2. The van der Waals surface area contributed by atoms with E-state index in [-0.39, 0.29) is 22.6 Å². The van der Waals surface area contributed by atoms with E-state index in [1.807, 2.05) is 30.3 Å². The standard InChI is InChI=1S/C22H20FN5O3S/c1-26-19-18(20(30)27(2)22(26)31)28(12-14-8-4-3-5-9-14)21(25-19)32-13-17(29)24-16-11-7-6-10-15(16)23/h3-11H,12-13H2,1-2H3,(H,24,29). The molecule has 0 saturated carbocycles. The molecule has 0 aliphatic heterocycles. The molecule has 8 nitrogen and oxygen atoms in total. The summed E-state index contributed by atoms with van der Waals surface area (Å²) in [7, 11) is 2.96. The van der Waals surface area contributed by atoms with Gasteiger partial charge in [-0.05, 0) is 17.7 Å². The molecule has 2 aromatic heterocycles. The van der Waals surface area contributed by atoms with E-state index in [2.05, 4.69) is 10.3 Å². The van der Waals surface area contributed by atoms with Crippen molar-refractivity contribution in [2.24, 2.45) is 14.1 Å². The Morgan fingerprint density at radius 3 is 2.44 bits per heavy atom. The number of halogens is 1. The van der Waals surface area contributed by atoms with E-state index in [4.69, 9.17) is 0 Å². The van der Waals surface area contributed by atoms with Gasteiger partial charge in [-0.1, -0.05) is 54.2 Å². The molecule has 4 rings (SSSR count). The average Bonchev–Trinajstić information content (AvgIpc) is 3.15. The minimum absolute atomic E-state index is 0.0549. The minimum atomic E-state index is -0.527. The predicted octanol–water partition coefficient (Wildman–Crippen LogP) is 2.35. The number of aromatic nitrogens is 4. The fourth-order valence-corrected chi connectivity index (χ4v) is 4.12. The smallest absolute Gasteiger partial charge is 0.323 e. The molecule has 0 aliphatic carbocycles. The van der Waals surface area contributed by atoms with Crippen molar-refractivity contribution in [3.8, 4) is 0 Å². The lowest BCUT2D eigenvalue weighted by Crippen LogP contribution is -2.37. The van der Waals surface area contributed by atoms with Gasteiger partial charge in [0.05, 0.1) is 18.0 Å². The van der Waals surface area contributed by atoms with Crippen LogP contribution in [-0.4, -0.2) is 30.3 Å². The molecular formula is C22H20FN5O3S. The van der Waals surface area contributed by atoms with Crippen LogP contribution in [0.15, 0.2) is 69.3 Å². The molecule has 0 fully saturated rings. The molecule has 0 bridgehead atoms. The quantitative estimate of drug-likeness (QED) is 0.453.